The van der Waals surface area contributed by atoms with E-state index < -0.39 is 0 Å². The normalized spacial score (nSPS) is 19.4. The Kier molecular flexibility index (Phi) is 2.80. The number of furan rings is 1. The maximum absolute atomic E-state index is 5.54. The van der Waals surface area contributed by atoms with E-state index in [9.17, 15) is 0 Å². The maximum Gasteiger partial charge on any atom is 0.118 e. The van der Waals surface area contributed by atoms with Crippen LogP contribution in [0.4, 0.5) is 0 Å². The molecule has 0 bridgehead atoms. The molecule has 1 aliphatic rings. The van der Waals surface area contributed by atoms with Crippen LogP contribution in [0.5, 0.6) is 0 Å². The van der Waals surface area contributed by atoms with E-state index in [0.29, 0.717) is 13.2 Å². The van der Waals surface area contributed by atoms with Crippen molar-refractivity contribution in [2.75, 3.05) is 6.61 Å². The maximum atomic E-state index is 5.54. The summed E-state index contributed by atoms with van der Waals surface area (Å²) in [4.78, 5) is 0. The number of benzene rings is 1. The van der Waals surface area contributed by atoms with Crippen LogP contribution >= 0.6 is 0 Å². The van der Waals surface area contributed by atoms with Crippen molar-refractivity contribution in [2.24, 2.45) is 0 Å². The van der Waals surface area contributed by atoms with Gasteiger partial charge in [0.05, 0.1) is 25.4 Å². The number of rotatable bonds is 2. The molecule has 1 aromatic carbocycles. The van der Waals surface area contributed by atoms with Crippen LogP contribution in [0.25, 0.3) is 6.08 Å². The van der Waals surface area contributed by atoms with Gasteiger partial charge in [0.25, 0.3) is 0 Å². The first kappa shape index (κ1) is 10.4. The Bertz CT molecular complexity index is 511. The van der Waals surface area contributed by atoms with E-state index in [0.717, 1.165) is 5.76 Å². The average Bonchev–Trinajstić information content (AvgIpc) is 2.86. The molecule has 2 heterocycles. The predicted octanol–water partition coefficient (Wildman–Crippen LogP) is 3.61. The molecule has 1 atom stereocenters. The topological polar surface area (TPSA) is 22.4 Å². The average molecular weight is 226 g/mol. The molecule has 0 N–H and O–H groups in total. The fourth-order valence-electron chi connectivity index (χ4n) is 2.10. The molecule has 0 spiro atoms. The van der Waals surface area contributed by atoms with Crippen LogP contribution in [0.1, 0.15) is 22.8 Å². The monoisotopic (exact) mass is 226 g/mol. The zero-order valence-electron chi connectivity index (χ0n) is 9.50. The first-order valence-corrected chi connectivity index (χ1v) is 5.81. The molecule has 0 radical (unpaired) electrons. The van der Waals surface area contributed by atoms with E-state index in [1.165, 1.54) is 11.1 Å². The fourth-order valence-corrected chi connectivity index (χ4v) is 2.10. The van der Waals surface area contributed by atoms with Crippen LogP contribution in [0, 0.1) is 0 Å². The minimum absolute atomic E-state index is 0.231. The van der Waals surface area contributed by atoms with Gasteiger partial charge < -0.3 is 9.15 Å². The molecule has 0 aliphatic carbocycles. The second-order valence-electron chi connectivity index (χ2n) is 4.20. The van der Waals surface area contributed by atoms with Crippen LogP contribution in [-0.2, 0) is 11.3 Å². The van der Waals surface area contributed by atoms with Gasteiger partial charge in [-0.3, -0.25) is 0 Å². The van der Waals surface area contributed by atoms with Crippen molar-refractivity contribution >= 4 is 6.08 Å². The third-order valence-electron chi connectivity index (χ3n) is 2.99. The van der Waals surface area contributed by atoms with E-state index in [4.69, 9.17) is 9.15 Å². The Morgan fingerprint density at radius 2 is 2.00 bits per heavy atom. The van der Waals surface area contributed by atoms with Crippen LogP contribution < -0.4 is 0 Å². The number of hydrogen-bond acceptors (Lipinski definition) is 2. The molecule has 17 heavy (non-hydrogen) atoms. The van der Waals surface area contributed by atoms with Gasteiger partial charge in [0, 0.05) is 5.56 Å². The molecule has 86 valence electrons. The molecule has 0 amide bonds. The Labute approximate surface area is 101 Å². The van der Waals surface area contributed by atoms with Gasteiger partial charge in [0.15, 0.2) is 0 Å². The molecular weight excluding hydrogens is 212 g/mol. The lowest BCUT2D eigenvalue weighted by Gasteiger charge is -2.18. The first-order chi connectivity index (χ1) is 8.43. The highest BCUT2D eigenvalue weighted by atomic mass is 16.5. The standard InChI is InChI=1S/C15H14O2/c1-2-4-12(5-3-1)6-7-13-10-16-11-14-8-9-17-15(13)14/h1-9,13H,10-11H2/b7-6+. The van der Waals surface area contributed by atoms with Gasteiger partial charge in [0.2, 0.25) is 0 Å². The highest BCUT2D eigenvalue weighted by molar-refractivity contribution is 5.50. The third-order valence-corrected chi connectivity index (χ3v) is 2.99. The zero-order valence-corrected chi connectivity index (χ0v) is 9.50. The Morgan fingerprint density at radius 3 is 2.88 bits per heavy atom. The van der Waals surface area contributed by atoms with Crippen LogP contribution in [0.15, 0.2) is 53.2 Å². The molecule has 0 fully saturated rings. The summed E-state index contributed by atoms with van der Waals surface area (Å²) in [6.07, 6.45) is 6.01. The second kappa shape index (κ2) is 4.60. The summed E-state index contributed by atoms with van der Waals surface area (Å²) in [6, 6.07) is 12.3. The van der Waals surface area contributed by atoms with Crippen LogP contribution in [0.2, 0.25) is 0 Å². The summed E-state index contributed by atoms with van der Waals surface area (Å²) in [5.74, 6) is 1.28. The highest BCUT2D eigenvalue weighted by Crippen LogP contribution is 2.28. The largest absolute Gasteiger partial charge is 0.468 e. The van der Waals surface area contributed by atoms with Gasteiger partial charge in [-0.2, -0.15) is 0 Å². The minimum Gasteiger partial charge on any atom is -0.468 e. The van der Waals surface area contributed by atoms with E-state index in [1.54, 1.807) is 6.26 Å². The van der Waals surface area contributed by atoms with E-state index in [2.05, 4.69) is 24.3 Å². The molecule has 1 aliphatic heterocycles. The number of ether oxygens (including phenoxy) is 1. The fraction of sp³-hybridized carbons (Fsp3) is 0.200. The van der Waals surface area contributed by atoms with Crippen LogP contribution in [-0.4, -0.2) is 6.61 Å². The van der Waals surface area contributed by atoms with Gasteiger partial charge in [-0.15, -0.1) is 0 Å². The summed E-state index contributed by atoms with van der Waals surface area (Å²) in [5.41, 5.74) is 2.37. The van der Waals surface area contributed by atoms with Crippen molar-refractivity contribution in [1.82, 2.24) is 0 Å². The Hall–Kier alpha value is -1.80. The molecule has 0 saturated heterocycles. The summed E-state index contributed by atoms with van der Waals surface area (Å²) in [5, 5.41) is 0. The number of hydrogen-bond donors (Lipinski definition) is 0. The first-order valence-electron chi connectivity index (χ1n) is 5.81. The molecular formula is C15H14O2. The highest BCUT2D eigenvalue weighted by Gasteiger charge is 2.21. The zero-order chi connectivity index (χ0) is 11.5. The quantitative estimate of drug-likeness (QED) is 0.780. The predicted molar refractivity (Wildman–Crippen MR) is 66.6 cm³/mol. The summed E-state index contributed by atoms with van der Waals surface area (Å²) >= 11 is 0. The van der Waals surface area contributed by atoms with Gasteiger partial charge >= 0.3 is 0 Å². The number of fused-ring (bicyclic) bond motifs is 1. The lowest BCUT2D eigenvalue weighted by molar-refractivity contribution is 0.0936. The molecule has 1 unspecified atom stereocenters. The molecule has 2 heteroatoms. The van der Waals surface area contributed by atoms with Crippen molar-refractivity contribution in [3.8, 4) is 0 Å². The SMILES string of the molecule is C(=C\C1COCc2ccoc21)/c1ccccc1. The van der Waals surface area contributed by atoms with Crippen molar-refractivity contribution in [2.45, 2.75) is 12.5 Å². The van der Waals surface area contributed by atoms with Gasteiger partial charge in [-0.05, 0) is 11.6 Å². The molecule has 2 nitrogen and oxygen atoms in total. The van der Waals surface area contributed by atoms with E-state index in [-0.39, 0.29) is 5.92 Å². The van der Waals surface area contributed by atoms with Crippen molar-refractivity contribution in [1.29, 1.82) is 0 Å². The lowest BCUT2D eigenvalue weighted by Crippen LogP contribution is -2.12. The lowest BCUT2D eigenvalue weighted by atomic mass is 10.0. The van der Waals surface area contributed by atoms with Crippen molar-refractivity contribution in [3.63, 3.8) is 0 Å². The van der Waals surface area contributed by atoms with Crippen LogP contribution in [0.3, 0.4) is 0 Å². The Morgan fingerprint density at radius 1 is 1.12 bits per heavy atom. The molecule has 1 aromatic heterocycles. The van der Waals surface area contributed by atoms with Gasteiger partial charge in [-0.1, -0.05) is 42.5 Å². The van der Waals surface area contributed by atoms with Crippen molar-refractivity contribution < 1.29 is 9.15 Å². The van der Waals surface area contributed by atoms with Gasteiger partial charge in [-0.25, -0.2) is 0 Å². The summed E-state index contributed by atoms with van der Waals surface area (Å²) in [7, 11) is 0. The molecule has 2 aromatic rings. The van der Waals surface area contributed by atoms with E-state index >= 15 is 0 Å². The third kappa shape index (κ3) is 2.17. The van der Waals surface area contributed by atoms with E-state index in [1.807, 2.05) is 24.3 Å². The summed E-state index contributed by atoms with van der Waals surface area (Å²) < 4.78 is 11.1. The second-order valence-corrected chi connectivity index (χ2v) is 4.20. The minimum atomic E-state index is 0.231. The van der Waals surface area contributed by atoms with Crippen molar-refractivity contribution in [3.05, 3.63) is 65.6 Å². The smallest absolute Gasteiger partial charge is 0.118 e. The molecule has 0 saturated carbocycles. The molecule has 3 rings (SSSR count). The summed E-state index contributed by atoms with van der Waals surface area (Å²) in [6.45, 7) is 1.37. The Balaban J connectivity index is 1.82. The van der Waals surface area contributed by atoms with Gasteiger partial charge in [0.1, 0.15) is 5.76 Å².